The van der Waals surface area contributed by atoms with E-state index in [0.717, 1.165) is 13.0 Å². The van der Waals surface area contributed by atoms with Crippen LogP contribution in [0.4, 0.5) is 5.69 Å². The van der Waals surface area contributed by atoms with Crippen LogP contribution in [0.15, 0.2) is 48.5 Å². The lowest BCUT2D eigenvalue weighted by Crippen LogP contribution is -2.24. The van der Waals surface area contributed by atoms with Crippen LogP contribution in [-0.4, -0.2) is 11.7 Å². The van der Waals surface area contributed by atoms with Gasteiger partial charge in [0, 0.05) is 12.2 Å². The summed E-state index contributed by atoms with van der Waals surface area (Å²) in [7, 11) is 0. The molecule has 1 N–H and O–H groups in total. The van der Waals surface area contributed by atoms with Crippen LogP contribution >= 0.6 is 0 Å². The number of phenolic OH excluding ortho intramolecular Hbond substituents is 1. The Hall–Kier alpha value is -1.96. The molecule has 0 spiro atoms. The zero-order valence-electron chi connectivity index (χ0n) is 10.5. The van der Waals surface area contributed by atoms with Crippen molar-refractivity contribution in [3.8, 4) is 5.75 Å². The lowest BCUT2D eigenvalue weighted by atomic mass is 10.1. The second kappa shape index (κ2) is 4.37. The fourth-order valence-corrected chi connectivity index (χ4v) is 2.73. The Kier molecular flexibility index (Phi) is 2.71. The van der Waals surface area contributed by atoms with Gasteiger partial charge in [0.1, 0.15) is 5.75 Å². The third kappa shape index (κ3) is 1.84. The summed E-state index contributed by atoms with van der Waals surface area (Å²) >= 11 is 0. The average Bonchev–Trinajstić information content (AvgIpc) is 2.81. The fraction of sp³-hybridized carbons (Fsp3) is 0.250. The first-order valence-electron chi connectivity index (χ1n) is 6.39. The molecular formula is C16H17NO. The van der Waals surface area contributed by atoms with Crippen LogP contribution in [-0.2, 0) is 6.42 Å². The van der Waals surface area contributed by atoms with Crippen molar-refractivity contribution in [2.45, 2.75) is 19.4 Å². The van der Waals surface area contributed by atoms with Crippen LogP contribution in [0, 0.1) is 0 Å². The van der Waals surface area contributed by atoms with Crippen LogP contribution in [0.5, 0.6) is 5.75 Å². The Labute approximate surface area is 107 Å². The summed E-state index contributed by atoms with van der Waals surface area (Å²) in [4.78, 5) is 2.41. The van der Waals surface area contributed by atoms with Gasteiger partial charge in [0.15, 0.2) is 0 Å². The molecule has 0 amide bonds. The second-order valence-corrected chi connectivity index (χ2v) is 4.84. The van der Waals surface area contributed by atoms with E-state index in [1.807, 2.05) is 18.2 Å². The van der Waals surface area contributed by atoms with Crippen LogP contribution in [0.2, 0.25) is 0 Å². The maximum Gasteiger partial charge on any atom is 0.116 e. The molecule has 1 heterocycles. The minimum Gasteiger partial charge on any atom is -0.508 e. The maximum atomic E-state index is 9.52. The second-order valence-electron chi connectivity index (χ2n) is 4.84. The lowest BCUT2D eigenvalue weighted by Gasteiger charge is -2.27. The quantitative estimate of drug-likeness (QED) is 0.866. The molecule has 2 nitrogen and oxygen atoms in total. The highest BCUT2D eigenvalue weighted by Gasteiger charge is 2.24. The summed E-state index contributed by atoms with van der Waals surface area (Å²) in [6.07, 6.45) is 1.01. The fourth-order valence-electron chi connectivity index (χ4n) is 2.73. The van der Waals surface area contributed by atoms with Gasteiger partial charge in [-0.3, -0.25) is 0 Å². The van der Waals surface area contributed by atoms with Crippen LogP contribution in [0.1, 0.15) is 24.1 Å². The molecule has 2 aromatic rings. The minimum absolute atomic E-state index is 0.364. The van der Waals surface area contributed by atoms with Gasteiger partial charge in [-0.2, -0.15) is 0 Å². The molecule has 1 aliphatic heterocycles. The maximum absolute atomic E-state index is 9.52. The van der Waals surface area contributed by atoms with Crippen molar-refractivity contribution < 1.29 is 5.11 Å². The third-order valence-electron chi connectivity index (χ3n) is 3.74. The van der Waals surface area contributed by atoms with E-state index in [1.54, 1.807) is 6.07 Å². The van der Waals surface area contributed by atoms with Gasteiger partial charge in [0.25, 0.3) is 0 Å². The number of phenols is 1. The van der Waals surface area contributed by atoms with Crippen molar-refractivity contribution in [2.75, 3.05) is 11.4 Å². The molecule has 2 aromatic carbocycles. The van der Waals surface area contributed by atoms with Crippen molar-refractivity contribution in [2.24, 2.45) is 0 Å². The Balaban J connectivity index is 1.93. The highest BCUT2D eigenvalue weighted by molar-refractivity contribution is 5.61. The zero-order chi connectivity index (χ0) is 12.5. The summed E-state index contributed by atoms with van der Waals surface area (Å²) < 4.78 is 0. The van der Waals surface area contributed by atoms with Crippen molar-refractivity contribution in [1.82, 2.24) is 0 Å². The lowest BCUT2D eigenvalue weighted by molar-refractivity contribution is 0.475. The average molecular weight is 239 g/mol. The van der Waals surface area contributed by atoms with E-state index in [-0.39, 0.29) is 0 Å². The molecule has 1 unspecified atom stereocenters. The molecule has 0 saturated carbocycles. The van der Waals surface area contributed by atoms with Crippen LogP contribution in [0.25, 0.3) is 0 Å². The SMILES string of the molecule is CC(c1ccccc1)N1CCc2cc(O)ccc21. The van der Waals surface area contributed by atoms with Gasteiger partial charge in [0.05, 0.1) is 6.04 Å². The molecular weight excluding hydrogens is 222 g/mol. The molecule has 3 rings (SSSR count). The monoisotopic (exact) mass is 239 g/mol. The predicted octanol–water partition coefficient (Wildman–Crippen LogP) is 3.52. The number of fused-ring (bicyclic) bond motifs is 1. The van der Waals surface area contributed by atoms with E-state index < -0.39 is 0 Å². The third-order valence-corrected chi connectivity index (χ3v) is 3.74. The molecule has 1 atom stereocenters. The van der Waals surface area contributed by atoms with E-state index in [1.165, 1.54) is 16.8 Å². The highest BCUT2D eigenvalue weighted by atomic mass is 16.3. The summed E-state index contributed by atoms with van der Waals surface area (Å²) in [5, 5.41) is 9.52. The first kappa shape index (κ1) is 11.1. The van der Waals surface area contributed by atoms with Gasteiger partial charge in [-0.15, -0.1) is 0 Å². The van der Waals surface area contributed by atoms with Crippen molar-refractivity contribution in [3.63, 3.8) is 0 Å². The van der Waals surface area contributed by atoms with Gasteiger partial charge in [-0.05, 0) is 42.7 Å². The predicted molar refractivity (Wildman–Crippen MR) is 74.0 cm³/mol. The van der Waals surface area contributed by atoms with Crippen molar-refractivity contribution >= 4 is 5.69 Å². The topological polar surface area (TPSA) is 23.5 Å². The van der Waals surface area contributed by atoms with Crippen molar-refractivity contribution in [3.05, 3.63) is 59.7 Å². The van der Waals surface area contributed by atoms with Gasteiger partial charge in [-0.25, -0.2) is 0 Å². The Morgan fingerprint density at radius 3 is 2.67 bits per heavy atom. The number of nitrogens with zero attached hydrogens (tertiary/aromatic N) is 1. The first-order chi connectivity index (χ1) is 8.75. The summed E-state index contributed by atoms with van der Waals surface area (Å²) in [5.41, 5.74) is 3.83. The number of anilines is 1. The molecule has 0 radical (unpaired) electrons. The van der Waals surface area contributed by atoms with Gasteiger partial charge < -0.3 is 10.0 Å². The van der Waals surface area contributed by atoms with Gasteiger partial charge in [0.2, 0.25) is 0 Å². The molecule has 0 bridgehead atoms. The van der Waals surface area contributed by atoms with E-state index >= 15 is 0 Å². The molecule has 92 valence electrons. The zero-order valence-corrected chi connectivity index (χ0v) is 10.5. The van der Waals surface area contributed by atoms with E-state index in [4.69, 9.17) is 0 Å². The Morgan fingerprint density at radius 2 is 1.89 bits per heavy atom. The van der Waals surface area contributed by atoms with Crippen molar-refractivity contribution in [1.29, 1.82) is 0 Å². The molecule has 2 heteroatoms. The Morgan fingerprint density at radius 1 is 1.11 bits per heavy atom. The summed E-state index contributed by atoms with van der Waals surface area (Å²) in [5.74, 6) is 0.364. The number of hydrogen-bond donors (Lipinski definition) is 1. The standard InChI is InChI=1S/C16H17NO/c1-12(13-5-3-2-4-6-13)17-10-9-14-11-15(18)7-8-16(14)17/h2-8,11-12,18H,9-10H2,1H3. The normalized spacial score (nSPS) is 15.5. The van der Waals surface area contributed by atoms with Crippen LogP contribution < -0.4 is 4.90 Å². The minimum atomic E-state index is 0.364. The number of rotatable bonds is 2. The summed E-state index contributed by atoms with van der Waals surface area (Å²) in [6.45, 7) is 3.26. The largest absolute Gasteiger partial charge is 0.508 e. The van der Waals surface area contributed by atoms with Gasteiger partial charge >= 0.3 is 0 Å². The van der Waals surface area contributed by atoms with Crippen LogP contribution in [0.3, 0.4) is 0 Å². The molecule has 0 fully saturated rings. The first-order valence-corrected chi connectivity index (χ1v) is 6.39. The summed E-state index contributed by atoms with van der Waals surface area (Å²) in [6, 6.07) is 16.6. The molecule has 1 aliphatic rings. The molecule has 18 heavy (non-hydrogen) atoms. The smallest absolute Gasteiger partial charge is 0.116 e. The molecule has 0 aliphatic carbocycles. The number of benzene rings is 2. The highest BCUT2D eigenvalue weighted by Crippen LogP contribution is 2.36. The number of hydrogen-bond acceptors (Lipinski definition) is 2. The van der Waals surface area contributed by atoms with E-state index in [0.29, 0.717) is 11.8 Å². The molecule has 0 saturated heterocycles. The van der Waals surface area contributed by atoms with E-state index in [2.05, 4.69) is 36.1 Å². The number of aromatic hydroxyl groups is 1. The van der Waals surface area contributed by atoms with Gasteiger partial charge in [-0.1, -0.05) is 30.3 Å². The Bertz CT molecular complexity index is 550. The molecule has 0 aromatic heterocycles. The van der Waals surface area contributed by atoms with E-state index in [9.17, 15) is 5.11 Å².